The first-order chi connectivity index (χ1) is 8.58. The Morgan fingerprint density at radius 1 is 1.28 bits per heavy atom. The molecule has 0 bridgehead atoms. The lowest BCUT2D eigenvalue weighted by atomic mass is 10.1. The summed E-state index contributed by atoms with van der Waals surface area (Å²) in [6.45, 7) is 7.53. The van der Waals surface area contributed by atoms with E-state index in [1.165, 1.54) is 0 Å². The van der Waals surface area contributed by atoms with Crippen molar-refractivity contribution in [3.8, 4) is 0 Å². The molecule has 1 aromatic rings. The van der Waals surface area contributed by atoms with Crippen LogP contribution in [0.1, 0.15) is 39.2 Å². The van der Waals surface area contributed by atoms with Gasteiger partial charge in [0.15, 0.2) is 0 Å². The van der Waals surface area contributed by atoms with E-state index in [2.05, 4.69) is 20.8 Å². The molecule has 0 radical (unpaired) electrons. The summed E-state index contributed by atoms with van der Waals surface area (Å²) in [5, 5.41) is 0. The fraction of sp³-hybridized carbons (Fsp3) is 0.533. The Hall–Kier alpha value is -1.35. The van der Waals surface area contributed by atoms with Gasteiger partial charge >= 0.3 is 0 Å². The van der Waals surface area contributed by atoms with Gasteiger partial charge in [0.05, 0.1) is 0 Å². The molecular formula is C15H24N2O. The lowest BCUT2D eigenvalue weighted by Crippen LogP contribution is -2.32. The van der Waals surface area contributed by atoms with Crippen molar-refractivity contribution in [2.45, 2.75) is 40.2 Å². The maximum atomic E-state index is 12.2. The van der Waals surface area contributed by atoms with Crippen LogP contribution in [0.15, 0.2) is 24.3 Å². The highest BCUT2D eigenvalue weighted by Gasteiger charge is 2.15. The number of rotatable bonds is 6. The minimum absolute atomic E-state index is 0.201. The molecule has 100 valence electrons. The summed E-state index contributed by atoms with van der Waals surface area (Å²) in [6, 6.07) is 7.94. The van der Waals surface area contributed by atoms with Crippen molar-refractivity contribution in [3.05, 3.63) is 29.8 Å². The van der Waals surface area contributed by atoms with Gasteiger partial charge in [-0.15, -0.1) is 0 Å². The Labute approximate surface area is 110 Å². The summed E-state index contributed by atoms with van der Waals surface area (Å²) in [7, 11) is 0. The van der Waals surface area contributed by atoms with E-state index in [0.29, 0.717) is 18.9 Å². The highest BCUT2D eigenvalue weighted by molar-refractivity contribution is 5.93. The monoisotopic (exact) mass is 248 g/mol. The second-order valence-electron chi connectivity index (χ2n) is 5.01. The summed E-state index contributed by atoms with van der Waals surface area (Å²) < 4.78 is 0. The molecule has 18 heavy (non-hydrogen) atoms. The minimum atomic E-state index is 0.201. The predicted octanol–water partition coefficient (Wildman–Crippen LogP) is 2.93. The first kappa shape index (κ1) is 14.7. The van der Waals surface area contributed by atoms with Gasteiger partial charge < -0.3 is 10.6 Å². The van der Waals surface area contributed by atoms with Crippen molar-refractivity contribution in [2.75, 3.05) is 11.4 Å². The molecule has 0 fully saturated rings. The average Bonchev–Trinajstić information content (AvgIpc) is 2.35. The number of hydrogen-bond acceptors (Lipinski definition) is 2. The number of benzene rings is 1. The van der Waals surface area contributed by atoms with Crippen LogP contribution in [-0.4, -0.2) is 12.5 Å². The lowest BCUT2D eigenvalue weighted by molar-refractivity contribution is -0.119. The number of amides is 1. The summed E-state index contributed by atoms with van der Waals surface area (Å²) in [4.78, 5) is 14.1. The van der Waals surface area contributed by atoms with Crippen LogP contribution in [-0.2, 0) is 11.3 Å². The van der Waals surface area contributed by atoms with Gasteiger partial charge in [-0.05, 0) is 30.0 Å². The molecule has 1 aromatic carbocycles. The molecule has 0 heterocycles. The minimum Gasteiger partial charge on any atom is -0.326 e. The van der Waals surface area contributed by atoms with Crippen LogP contribution in [0, 0.1) is 5.92 Å². The third kappa shape index (κ3) is 4.15. The van der Waals surface area contributed by atoms with Gasteiger partial charge in [0.25, 0.3) is 0 Å². The fourth-order valence-corrected chi connectivity index (χ4v) is 1.89. The fourth-order valence-electron chi connectivity index (χ4n) is 1.89. The van der Waals surface area contributed by atoms with Gasteiger partial charge in [-0.1, -0.05) is 32.9 Å². The Balaban J connectivity index is 2.85. The zero-order valence-corrected chi connectivity index (χ0v) is 11.6. The van der Waals surface area contributed by atoms with Crippen molar-refractivity contribution in [1.29, 1.82) is 0 Å². The van der Waals surface area contributed by atoms with Crippen molar-refractivity contribution in [1.82, 2.24) is 0 Å². The summed E-state index contributed by atoms with van der Waals surface area (Å²) >= 11 is 0. The molecule has 0 atom stereocenters. The van der Waals surface area contributed by atoms with Gasteiger partial charge in [-0.25, -0.2) is 0 Å². The standard InChI is InChI=1S/C15H24N2O/c1-4-9-17(15(18)10-12(2)3)14-7-5-13(11-16)6-8-14/h5-8,12H,4,9-11,16H2,1-3H3. The quantitative estimate of drug-likeness (QED) is 0.841. The molecule has 0 unspecified atom stereocenters. The molecule has 0 aliphatic carbocycles. The van der Waals surface area contributed by atoms with Gasteiger partial charge in [0, 0.05) is 25.2 Å². The first-order valence-corrected chi connectivity index (χ1v) is 6.67. The molecule has 0 saturated heterocycles. The van der Waals surface area contributed by atoms with Crippen molar-refractivity contribution < 1.29 is 4.79 Å². The molecule has 0 aliphatic rings. The molecule has 0 saturated carbocycles. The van der Waals surface area contributed by atoms with Gasteiger partial charge in [-0.2, -0.15) is 0 Å². The lowest BCUT2D eigenvalue weighted by Gasteiger charge is -2.23. The SMILES string of the molecule is CCCN(C(=O)CC(C)C)c1ccc(CN)cc1. The molecule has 3 heteroatoms. The Kier molecular flexibility index (Phi) is 5.86. The van der Waals surface area contributed by atoms with E-state index >= 15 is 0 Å². The molecule has 1 rings (SSSR count). The van der Waals surface area contributed by atoms with Gasteiger partial charge in [0.1, 0.15) is 0 Å². The second-order valence-corrected chi connectivity index (χ2v) is 5.01. The van der Waals surface area contributed by atoms with E-state index in [0.717, 1.165) is 24.2 Å². The van der Waals surface area contributed by atoms with E-state index < -0.39 is 0 Å². The van der Waals surface area contributed by atoms with Crippen LogP contribution in [0.4, 0.5) is 5.69 Å². The zero-order valence-electron chi connectivity index (χ0n) is 11.6. The number of anilines is 1. The zero-order chi connectivity index (χ0) is 13.5. The van der Waals surface area contributed by atoms with Crippen LogP contribution in [0.3, 0.4) is 0 Å². The Morgan fingerprint density at radius 3 is 2.33 bits per heavy atom. The Bertz CT molecular complexity index is 371. The van der Waals surface area contributed by atoms with Gasteiger partial charge in [-0.3, -0.25) is 4.79 Å². The van der Waals surface area contributed by atoms with E-state index in [1.807, 2.05) is 29.2 Å². The first-order valence-electron chi connectivity index (χ1n) is 6.67. The van der Waals surface area contributed by atoms with Gasteiger partial charge in [0.2, 0.25) is 5.91 Å². The molecule has 0 aromatic heterocycles. The summed E-state index contributed by atoms with van der Waals surface area (Å²) in [6.07, 6.45) is 1.56. The molecular weight excluding hydrogens is 224 g/mol. The molecule has 0 spiro atoms. The normalized spacial score (nSPS) is 10.7. The summed E-state index contributed by atoms with van der Waals surface area (Å²) in [5.41, 5.74) is 7.64. The van der Waals surface area contributed by atoms with E-state index in [4.69, 9.17) is 5.73 Å². The molecule has 0 aliphatic heterocycles. The van der Waals surface area contributed by atoms with Crippen molar-refractivity contribution in [2.24, 2.45) is 11.7 Å². The molecule has 3 nitrogen and oxygen atoms in total. The number of nitrogens with zero attached hydrogens (tertiary/aromatic N) is 1. The number of nitrogens with two attached hydrogens (primary N) is 1. The molecule has 2 N–H and O–H groups in total. The second kappa shape index (κ2) is 7.17. The maximum Gasteiger partial charge on any atom is 0.227 e. The van der Waals surface area contributed by atoms with Crippen LogP contribution >= 0.6 is 0 Å². The third-order valence-electron chi connectivity index (χ3n) is 2.81. The Morgan fingerprint density at radius 2 is 1.89 bits per heavy atom. The van der Waals surface area contributed by atoms with Crippen molar-refractivity contribution >= 4 is 11.6 Å². The van der Waals surface area contributed by atoms with E-state index in [-0.39, 0.29) is 5.91 Å². The highest BCUT2D eigenvalue weighted by Crippen LogP contribution is 2.18. The van der Waals surface area contributed by atoms with E-state index in [9.17, 15) is 4.79 Å². The largest absolute Gasteiger partial charge is 0.326 e. The smallest absolute Gasteiger partial charge is 0.227 e. The maximum absolute atomic E-state index is 12.2. The third-order valence-corrected chi connectivity index (χ3v) is 2.81. The number of carbonyl (C=O) groups excluding carboxylic acids is 1. The topological polar surface area (TPSA) is 46.3 Å². The van der Waals surface area contributed by atoms with Crippen LogP contribution < -0.4 is 10.6 Å². The number of carbonyl (C=O) groups is 1. The predicted molar refractivity (Wildman–Crippen MR) is 76.4 cm³/mol. The van der Waals surface area contributed by atoms with Crippen LogP contribution in [0.5, 0.6) is 0 Å². The van der Waals surface area contributed by atoms with Crippen LogP contribution in [0.2, 0.25) is 0 Å². The molecule has 1 amide bonds. The highest BCUT2D eigenvalue weighted by atomic mass is 16.2. The number of hydrogen-bond donors (Lipinski definition) is 1. The summed E-state index contributed by atoms with van der Waals surface area (Å²) in [5.74, 6) is 0.590. The average molecular weight is 248 g/mol. The van der Waals surface area contributed by atoms with E-state index in [1.54, 1.807) is 0 Å². The van der Waals surface area contributed by atoms with Crippen molar-refractivity contribution in [3.63, 3.8) is 0 Å². The van der Waals surface area contributed by atoms with Crippen LogP contribution in [0.25, 0.3) is 0 Å².